The Morgan fingerprint density at radius 3 is 2.46 bits per heavy atom. The van der Waals surface area contributed by atoms with Crippen LogP contribution in [-0.4, -0.2) is 54.7 Å². The number of nitrogens with one attached hydrogen (secondary N) is 1. The normalized spacial score (nSPS) is 21.2. The molecule has 1 N–H and O–H groups in total. The number of carbonyl (C=O) groups is 1. The number of nitriles is 1. The molecule has 6 nitrogen and oxygen atoms in total. The van der Waals surface area contributed by atoms with Gasteiger partial charge in [0, 0.05) is 37.3 Å². The first-order valence-corrected chi connectivity index (χ1v) is 7.59. The molecule has 2 atom stereocenters. The van der Waals surface area contributed by atoms with Gasteiger partial charge in [0.2, 0.25) is 0 Å². The standard InChI is InChI=1S/C16H20F2N4O2/c1-10-8-21(9-11(2)22(10)5-4-19)16(23)20-14-6-12(17)13(18)7-15(14)24-3/h6-7,10-11H,5,8-9H2,1-3H3,(H,20,23). The fourth-order valence-corrected chi connectivity index (χ4v) is 2.91. The van der Waals surface area contributed by atoms with Crippen molar-refractivity contribution in [3.8, 4) is 11.8 Å². The first kappa shape index (κ1) is 17.9. The highest BCUT2D eigenvalue weighted by Gasteiger charge is 2.31. The van der Waals surface area contributed by atoms with Crippen LogP contribution in [0.5, 0.6) is 5.75 Å². The van der Waals surface area contributed by atoms with Gasteiger partial charge in [0.05, 0.1) is 25.4 Å². The van der Waals surface area contributed by atoms with Gasteiger partial charge in [0.15, 0.2) is 11.6 Å². The summed E-state index contributed by atoms with van der Waals surface area (Å²) in [6.45, 7) is 5.04. The second-order valence-electron chi connectivity index (χ2n) is 5.83. The van der Waals surface area contributed by atoms with Crippen LogP contribution >= 0.6 is 0 Å². The summed E-state index contributed by atoms with van der Waals surface area (Å²) in [5.74, 6) is -2.06. The number of urea groups is 1. The zero-order valence-corrected chi connectivity index (χ0v) is 13.8. The van der Waals surface area contributed by atoms with Gasteiger partial charge in [0.25, 0.3) is 0 Å². The average molecular weight is 338 g/mol. The summed E-state index contributed by atoms with van der Waals surface area (Å²) in [7, 11) is 1.31. The zero-order valence-electron chi connectivity index (χ0n) is 13.8. The van der Waals surface area contributed by atoms with Crippen LogP contribution in [0.3, 0.4) is 0 Å². The van der Waals surface area contributed by atoms with Crippen molar-refractivity contribution in [2.45, 2.75) is 25.9 Å². The Hall–Kier alpha value is -2.40. The van der Waals surface area contributed by atoms with Crippen LogP contribution in [0.4, 0.5) is 19.3 Å². The first-order chi connectivity index (χ1) is 11.4. The Labute approximate surface area is 139 Å². The van der Waals surface area contributed by atoms with Crippen molar-refractivity contribution in [2.75, 3.05) is 32.1 Å². The lowest BCUT2D eigenvalue weighted by Crippen LogP contribution is -2.58. The van der Waals surface area contributed by atoms with Gasteiger partial charge in [-0.1, -0.05) is 0 Å². The van der Waals surface area contributed by atoms with Crippen molar-refractivity contribution < 1.29 is 18.3 Å². The topological polar surface area (TPSA) is 68.6 Å². The molecule has 2 rings (SSSR count). The van der Waals surface area contributed by atoms with Crippen molar-refractivity contribution in [1.29, 1.82) is 5.26 Å². The fourth-order valence-electron chi connectivity index (χ4n) is 2.91. The highest BCUT2D eigenvalue weighted by atomic mass is 19.2. The largest absolute Gasteiger partial charge is 0.494 e. The van der Waals surface area contributed by atoms with Crippen molar-refractivity contribution in [2.24, 2.45) is 0 Å². The molecule has 0 aliphatic carbocycles. The van der Waals surface area contributed by atoms with Crippen LogP contribution in [0, 0.1) is 23.0 Å². The number of anilines is 1. The number of hydrogen-bond donors (Lipinski definition) is 1. The smallest absolute Gasteiger partial charge is 0.322 e. The van der Waals surface area contributed by atoms with Gasteiger partial charge in [0.1, 0.15) is 5.75 Å². The number of nitrogens with zero attached hydrogens (tertiary/aromatic N) is 3. The van der Waals surface area contributed by atoms with Crippen LogP contribution in [-0.2, 0) is 0 Å². The lowest BCUT2D eigenvalue weighted by molar-refractivity contribution is 0.0703. The Balaban J connectivity index is 2.11. The van der Waals surface area contributed by atoms with Gasteiger partial charge in [-0.05, 0) is 13.8 Å². The molecule has 1 aromatic carbocycles. The summed E-state index contributed by atoms with van der Waals surface area (Å²) in [6, 6.07) is 3.52. The van der Waals surface area contributed by atoms with E-state index in [2.05, 4.69) is 11.4 Å². The van der Waals surface area contributed by atoms with Gasteiger partial charge >= 0.3 is 6.03 Å². The number of carbonyl (C=O) groups excluding carboxylic acids is 1. The fraction of sp³-hybridized carbons (Fsp3) is 0.500. The van der Waals surface area contributed by atoms with E-state index >= 15 is 0 Å². The number of methoxy groups -OCH3 is 1. The van der Waals surface area contributed by atoms with Gasteiger partial charge in [-0.25, -0.2) is 13.6 Å². The molecule has 1 aliphatic rings. The average Bonchev–Trinajstić information content (AvgIpc) is 2.53. The van der Waals surface area contributed by atoms with Gasteiger partial charge in [-0.15, -0.1) is 0 Å². The molecule has 1 heterocycles. The third-order valence-corrected chi connectivity index (χ3v) is 4.13. The van der Waals surface area contributed by atoms with E-state index in [-0.39, 0.29) is 23.5 Å². The van der Waals surface area contributed by atoms with Crippen molar-refractivity contribution in [3.63, 3.8) is 0 Å². The number of benzene rings is 1. The van der Waals surface area contributed by atoms with Gasteiger partial charge in [-0.2, -0.15) is 5.26 Å². The van der Waals surface area contributed by atoms with E-state index in [4.69, 9.17) is 10.00 Å². The second kappa shape index (κ2) is 7.45. The van der Waals surface area contributed by atoms with Crippen molar-refractivity contribution in [3.05, 3.63) is 23.8 Å². The molecule has 0 aromatic heterocycles. The van der Waals surface area contributed by atoms with E-state index < -0.39 is 17.7 Å². The third-order valence-electron chi connectivity index (χ3n) is 4.13. The summed E-state index contributed by atoms with van der Waals surface area (Å²) in [4.78, 5) is 16.1. The van der Waals surface area contributed by atoms with E-state index in [0.717, 1.165) is 12.1 Å². The lowest BCUT2D eigenvalue weighted by atomic mass is 10.1. The minimum Gasteiger partial charge on any atom is -0.494 e. The van der Waals surface area contributed by atoms with Crippen LogP contribution in [0.25, 0.3) is 0 Å². The molecule has 0 saturated carbocycles. The summed E-state index contributed by atoms with van der Waals surface area (Å²) < 4.78 is 31.6. The van der Waals surface area contributed by atoms with Crippen LogP contribution in [0.2, 0.25) is 0 Å². The van der Waals surface area contributed by atoms with E-state index in [1.165, 1.54) is 7.11 Å². The van der Waals surface area contributed by atoms with Crippen molar-refractivity contribution in [1.82, 2.24) is 9.80 Å². The van der Waals surface area contributed by atoms with Crippen molar-refractivity contribution >= 4 is 11.7 Å². The summed E-state index contributed by atoms with van der Waals surface area (Å²) in [5.41, 5.74) is 0.0705. The maximum absolute atomic E-state index is 13.4. The molecule has 0 bridgehead atoms. The molecule has 2 amide bonds. The third kappa shape index (κ3) is 3.74. The molecule has 1 aromatic rings. The molecule has 24 heavy (non-hydrogen) atoms. The SMILES string of the molecule is COc1cc(F)c(F)cc1NC(=O)N1CC(C)N(CC#N)C(C)C1. The number of piperazine rings is 1. The maximum atomic E-state index is 13.4. The van der Waals surface area contributed by atoms with E-state index in [1.807, 2.05) is 18.7 Å². The molecular weight excluding hydrogens is 318 g/mol. The number of amides is 2. The number of ether oxygens (including phenoxy) is 1. The molecule has 8 heteroatoms. The van der Waals surface area contributed by atoms with Crippen LogP contribution < -0.4 is 10.1 Å². The van der Waals surface area contributed by atoms with Gasteiger partial charge in [-0.3, -0.25) is 4.90 Å². The predicted octanol–water partition coefficient (Wildman–Crippen LogP) is 2.42. The summed E-state index contributed by atoms with van der Waals surface area (Å²) in [5, 5.41) is 11.4. The number of halogens is 2. The monoisotopic (exact) mass is 338 g/mol. The maximum Gasteiger partial charge on any atom is 0.322 e. The number of hydrogen-bond acceptors (Lipinski definition) is 4. The van der Waals surface area contributed by atoms with E-state index in [9.17, 15) is 13.6 Å². The van der Waals surface area contributed by atoms with E-state index in [0.29, 0.717) is 19.6 Å². The Bertz CT molecular complexity index is 650. The molecule has 0 radical (unpaired) electrons. The van der Waals surface area contributed by atoms with Crippen LogP contribution in [0.15, 0.2) is 12.1 Å². The molecular formula is C16H20F2N4O2. The molecule has 2 unspecified atom stereocenters. The Morgan fingerprint density at radius 1 is 1.33 bits per heavy atom. The minimum absolute atomic E-state index is 0.0194. The molecule has 1 fully saturated rings. The lowest BCUT2D eigenvalue weighted by Gasteiger charge is -2.43. The molecule has 130 valence electrons. The highest BCUT2D eigenvalue weighted by molar-refractivity contribution is 5.91. The highest BCUT2D eigenvalue weighted by Crippen LogP contribution is 2.28. The first-order valence-electron chi connectivity index (χ1n) is 7.59. The summed E-state index contributed by atoms with van der Waals surface area (Å²) >= 11 is 0. The molecule has 1 aliphatic heterocycles. The second-order valence-corrected chi connectivity index (χ2v) is 5.83. The van der Waals surface area contributed by atoms with Crippen LogP contribution in [0.1, 0.15) is 13.8 Å². The Kier molecular flexibility index (Phi) is 5.57. The van der Waals surface area contributed by atoms with Gasteiger partial charge < -0.3 is 15.0 Å². The number of rotatable bonds is 3. The quantitative estimate of drug-likeness (QED) is 0.860. The molecule has 1 saturated heterocycles. The van der Waals surface area contributed by atoms with E-state index in [1.54, 1.807) is 4.90 Å². The zero-order chi connectivity index (χ0) is 17.9. The predicted molar refractivity (Wildman–Crippen MR) is 84.7 cm³/mol. The summed E-state index contributed by atoms with van der Waals surface area (Å²) in [6.07, 6.45) is 0. The Morgan fingerprint density at radius 2 is 1.92 bits per heavy atom. The molecule has 0 spiro atoms. The minimum atomic E-state index is -1.06.